The van der Waals surface area contributed by atoms with Gasteiger partial charge in [0, 0.05) is 5.54 Å². The maximum absolute atomic E-state index is 13.0. The molecule has 1 aliphatic heterocycles. The first kappa shape index (κ1) is 19.7. The van der Waals surface area contributed by atoms with Crippen LogP contribution in [-0.4, -0.2) is 51.2 Å². The molecule has 1 saturated carbocycles. The first-order valence-electron chi connectivity index (χ1n) is 9.47. The quantitative estimate of drug-likeness (QED) is 0.649. The molecule has 0 bridgehead atoms. The van der Waals surface area contributed by atoms with Gasteiger partial charge in [0.1, 0.15) is 12.6 Å². The number of carbonyl (C=O) groups excluding carboxylic acids is 2. The number of benzene rings is 1. The predicted molar refractivity (Wildman–Crippen MR) is 105 cm³/mol. The number of carboxylic acid groups (broad SMARTS) is 1. The van der Waals surface area contributed by atoms with Crippen molar-refractivity contribution in [2.24, 2.45) is 0 Å². The van der Waals surface area contributed by atoms with Crippen molar-refractivity contribution in [2.75, 3.05) is 6.54 Å². The predicted octanol–water partition coefficient (Wildman–Crippen LogP) is 2.03. The molecule has 1 aromatic rings. The molecule has 1 spiro atoms. The first-order chi connectivity index (χ1) is 12.9. The molecule has 146 valence electrons. The number of hydrogen-bond acceptors (Lipinski definition) is 4. The van der Waals surface area contributed by atoms with Gasteiger partial charge in [-0.1, -0.05) is 30.3 Å². The third kappa shape index (κ3) is 4.46. The Morgan fingerprint density at radius 1 is 1.22 bits per heavy atom. The van der Waals surface area contributed by atoms with Gasteiger partial charge in [-0.2, -0.15) is 12.6 Å². The highest BCUT2D eigenvalue weighted by Gasteiger charge is 2.48. The fourth-order valence-electron chi connectivity index (χ4n) is 4.13. The number of amides is 2. The highest BCUT2D eigenvalue weighted by molar-refractivity contribution is 7.81. The second-order valence-corrected chi connectivity index (χ2v) is 8.18. The third-order valence-electron chi connectivity index (χ3n) is 5.74. The van der Waals surface area contributed by atoms with Gasteiger partial charge in [0.2, 0.25) is 11.8 Å². The number of thiol groups is 1. The van der Waals surface area contributed by atoms with E-state index in [1.165, 1.54) is 4.90 Å². The average Bonchev–Trinajstić information content (AvgIpc) is 2.73. The molecule has 1 aromatic carbocycles. The van der Waals surface area contributed by atoms with Crippen LogP contribution in [0.2, 0.25) is 0 Å². The van der Waals surface area contributed by atoms with Crippen LogP contribution in [0.5, 0.6) is 0 Å². The van der Waals surface area contributed by atoms with Crippen molar-refractivity contribution >= 4 is 30.4 Å². The Bertz CT molecular complexity index is 705. The van der Waals surface area contributed by atoms with Crippen LogP contribution in [-0.2, 0) is 20.8 Å². The van der Waals surface area contributed by atoms with Crippen molar-refractivity contribution in [2.45, 2.75) is 61.8 Å². The zero-order valence-electron chi connectivity index (χ0n) is 15.3. The Morgan fingerprint density at radius 3 is 2.48 bits per heavy atom. The van der Waals surface area contributed by atoms with Gasteiger partial charge in [-0.25, -0.2) is 0 Å². The molecule has 6 nitrogen and oxygen atoms in total. The van der Waals surface area contributed by atoms with Crippen molar-refractivity contribution < 1.29 is 19.5 Å². The number of nitrogens with zero attached hydrogens (tertiary/aromatic N) is 1. The van der Waals surface area contributed by atoms with E-state index in [0.717, 1.165) is 37.7 Å². The molecule has 3 rings (SSSR count). The summed E-state index contributed by atoms with van der Waals surface area (Å²) in [5, 5.41) is 11.5. The Morgan fingerprint density at radius 2 is 1.89 bits per heavy atom. The van der Waals surface area contributed by atoms with E-state index in [1.54, 1.807) is 0 Å². The lowest BCUT2D eigenvalue weighted by Gasteiger charge is -2.49. The van der Waals surface area contributed by atoms with E-state index in [-0.39, 0.29) is 23.9 Å². The minimum Gasteiger partial charge on any atom is -0.480 e. The molecule has 2 N–H and O–H groups in total. The number of rotatable bonds is 6. The zero-order valence-corrected chi connectivity index (χ0v) is 16.2. The molecule has 1 heterocycles. The number of carboxylic acids is 1. The highest BCUT2D eigenvalue weighted by atomic mass is 32.1. The lowest BCUT2D eigenvalue weighted by Crippen LogP contribution is -2.60. The number of hydrogen-bond donors (Lipinski definition) is 3. The fourth-order valence-corrected chi connectivity index (χ4v) is 4.42. The van der Waals surface area contributed by atoms with Crippen LogP contribution in [0.3, 0.4) is 0 Å². The molecular formula is C20H26N2O4S. The van der Waals surface area contributed by atoms with Gasteiger partial charge < -0.3 is 15.3 Å². The number of aliphatic carboxylic acids is 1. The van der Waals surface area contributed by atoms with Crippen LogP contribution >= 0.6 is 12.6 Å². The van der Waals surface area contributed by atoms with E-state index >= 15 is 0 Å². The van der Waals surface area contributed by atoms with E-state index in [0.29, 0.717) is 12.8 Å². The maximum atomic E-state index is 13.0. The molecule has 0 radical (unpaired) electrons. The van der Waals surface area contributed by atoms with Gasteiger partial charge in [0.25, 0.3) is 0 Å². The highest BCUT2D eigenvalue weighted by Crippen LogP contribution is 2.43. The first-order valence-corrected chi connectivity index (χ1v) is 9.98. The summed E-state index contributed by atoms with van der Waals surface area (Å²) < 4.78 is 0. The second-order valence-electron chi connectivity index (χ2n) is 7.55. The van der Waals surface area contributed by atoms with Crippen LogP contribution in [0, 0.1) is 0 Å². The minimum atomic E-state index is -1.02. The van der Waals surface area contributed by atoms with E-state index in [9.17, 15) is 19.5 Å². The molecule has 1 unspecified atom stereocenters. The van der Waals surface area contributed by atoms with Gasteiger partial charge in [-0.05, 0) is 50.5 Å². The van der Waals surface area contributed by atoms with Gasteiger partial charge in [-0.3, -0.25) is 14.4 Å². The van der Waals surface area contributed by atoms with Crippen LogP contribution < -0.4 is 5.32 Å². The second kappa shape index (κ2) is 8.33. The fraction of sp³-hybridized carbons (Fsp3) is 0.550. The van der Waals surface area contributed by atoms with Crippen molar-refractivity contribution in [1.29, 1.82) is 0 Å². The summed E-state index contributed by atoms with van der Waals surface area (Å²) in [6, 6.07) is 8.91. The van der Waals surface area contributed by atoms with Gasteiger partial charge in [-0.15, -0.1) is 0 Å². The van der Waals surface area contributed by atoms with Gasteiger partial charge >= 0.3 is 5.97 Å². The zero-order chi connectivity index (χ0) is 19.4. The Balaban J connectivity index is 1.67. The lowest BCUT2D eigenvalue weighted by molar-refractivity contribution is -0.153. The molecule has 2 fully saturated rings. The Labute approximate surface area is 164 Å². The average molecular weight is 391 g/mol. The lowest BCUT2D eigenvalue weighted by atomic mass is 9.72. The summed E-state index contributed by atoms with van der Waals surface area (Å²) in [6.07, 6.45) is 5.30. The molecule has 1 saturated heterocycles. The normalized spacial score (nSPS) is 22.6. The van der Waals surface area contributed by atoms with Crippen LogP contribution in [0.25, 0.3) is 0 Å². The van der Waals surface area contributed by atoms with Crippen molar-refractivity contribution in [3.05, 3.63) is 35.9 Å². The molecule has 2 aliphatic rings. The minimum absolute atomic E-state index is 0.275. The van der Waals surface area contributed by atoms with Gasteiger partial charge in [0.05, 0.1) is 5.25 Å². The molecule has 2 atom stereocenters. The van der Waals surface area contributed by atoms with Crippen molar-refractivity contribution in [1.82, 2.24) is 10.2 Å². The maximum Gasteiger partial charge on any atom is 0.323 e. The Kier molecular flexibility index (Phi) is 6.09. The number of nitrogens with one attached hydrogen (secondary N) is 1. The smallest absolute Gasteiger partial charge is 0.323 e. The van der Waals surface area contributed by atoms with Crippen LogP contribution in [0.15, 0.2) is 30.3 Å². The van der Waals surface area contributed by atoms with Gasteiger partial charge in [0.15, 0.2) is 0 Å². The molecule has 2 amide bonds. The van der Waals surface area contributed by atoms with Crippen LogP contribution in [0.4, 0.5) is 0 Å². The summed E-state index contributed by atoms with van der Waals surface area (Å²) in [6.45, 7) is -0.306. The van der Waals surface area contributed by atoms with Crippen molar-refractivity contribution in [3.63, 3.8) is 0 Å². The number of carbonyl (C=O) groups is 3. The summed E-state index contributed by atoms with van der Waals surface area (Å²) in [5.41, 5.74) is 0.667. The Hall–Kier alpha value is -2.02. The van der Waals surface area contributed by atoms with E-state index in [2.05, 4.69) is 17.9 Å². The number of likely N-dealkylation sites (tertiary alicyclic amines) is 1. The molecule has 0 aromatic heterocycles. The SMILES string of the molecule is O=C(O)CN1C(=O)C(NC(=O)[C@@H](S)Cc2ccccc2)CCCC12CCC2. The van der Waals surface area contributed by atoms with Crippen molar-refractivity contribution in [3.8, 4) is 0 Å². The van der Waals surface area contributed by atoms with Crippen LogP contribution in [0.1, 0.15) is 44.1 Å². The summed E-state index contributed by atoms with van der Waals surface area (Å²) in [5.74, 6) is -1.58. The topological polar surface area (TPSA) is 86.7 Å². The van der Waals surface area contributed by atoms with E-state index < -0.39 is 17.3 Å². The molecule has 7 heteroatoms. The third-order valence-corrected chi connectivity index (χ3v) is 6.16. The van der Waals surface area contributed by atoms with E-state index in [1.807, 2.05) is 30.3 Å². The standard InChI is InChI=1S/C20H26N2O4S/c23-17(24)13-22-19(26)15(8-4-9-20(22)10-5-11-20)21-18(25)16(27)12-14-6-2-1-3-7-14/h1-3,6-7,15-16,27H,4-5,8-13H2,(H,21,25)(H,23,24)/t15?,16-/m0/s1. The monoisotopic (exact) mass is 390 g/mol. The molecule has 27 heavy (non-hydrogen) atoms. The van der Waals surface area contributed by atoms with E-state index in [4.69, 9.17) is 0 Å². The largest absolute Gasteiger partial charge is 0.480 e. The molecular weight excluding hydrogens is 364 g/mol. The molecule has 1 aliphatic carbocycles. The summed E-state index contributed by atoms with van der Waals surface area (Å²) in [7, 11) is 0. The summed E-state index contributed by atoms with van der Waals surface area (Å²) in [4.78, 5) is 38.4. The summed E-state index contributed by atoms with van der Waals surface area (Å²) >= 11 is 4.40.